The molecule has 0 bridgehead atoms. The van der Waals surface area contributed by atoms with Crippen molar-refractivity contribution in [3.8, 4) is 0 Å². The zero-order valence-electron chi connectivity index (χ0n) is 8.88. The third-order valence-electron chi connectivity index (χ3n) is 2.09. The number of para-hydroxylation sites is 1. The van der Waals surface area contributed by atoms with Crippen LogP contribution in [0.5, 0.6) is 0 Å². The van der Waals surface area contributed by atoms with Crippen molar-refractivity contribution in [3.63, 3.8) is 0 Å². The number of benzene rings is 1. The molecule has 0 atom stereocenters. The molecular weight excluding hydrogens is 202 g/mol. The molecule has 0 radical (unpaired) electrons. The van der Waals surface area contributed by atoms with E-state index in [0.717, 1.165) is 0 Å². The fourth-order valence-corrected chi connectivity index (χ4v) is 1.36. The molecule has 0 aliphatic carbocycles. The summed E-state index contributed by atoms with van der Waals surface area (Å²) in [6.07, 6.45) is 7.17. The summed E-state index contributed by atoms with van der Waals surface area (Å²) in [5.41, 5.74) is 0.296. The average molecular weight is 213 g/mol. The first-order valence-electron chi connectivity index (χ1n) is 5.00. The summed E-state index contributed by atoms with van der Waals surface area (Å²) >= 11 is 0. The molecule has 0 spiro atoms. The Bertz CT molecular complexity index is 609. The van der Waals surface area contributed by atoms with E-state index < -0.39 is 0 Å². The Morgan fingerprint density at radius 2 is 2.06 bits per heavy atom. The monoisotopic (exact) mass is 213 g/mol. The van der Waals surface area contributed by atoms with Gasteiger partial charge in [0.25, 0.3) is 0 Å². The fourth-order valence-electron chi connectivity index (χ4n) is 1.36. The second-order valence-corrected chi connectivity index (χ2v) is 3.24. The topological polar surface area (TPSA) is 43.1 Å². The molecule has 0 fully saturated rings. The maximum Gasteiger partial charge on any atom is 0.347 e. The van der Waals surface area contributed by atoms with Gasteiger partial charge in [-0.05, 0) is 19.1 Å². The number of rotatable bonds is 2. The van der Waals surface area contributed by atoms with E-state index in [4.69, 9.17) is 4.42 Å². The van der Waals surface area contributed by atoms with Gasteiger partial charge in [0.15, 0.2) is 0 Å². The predicted molar refractivity (Wildman–Crippen MR) is 64.1 cm³/mol. The first-order chi connectivity index (χ1) is 7.81. The van der Waals surface area contributed by atoms with Crippen molar-refractivity contribution < 1.29 is 4.42 Å². The SMILES string of the molecule is C/C=C/C=Cc1nc2ccccc2c(=O)o1. The van der Waals surface area contributed by atoms with E-state index in [-0.39, 0.29) is 5.63 Å². The van der Waals surface area contributed by atoms with E-state index in [1.807, 2.05) is 25.1 Å². The van der Waals surface area contributed by atoms with Crippen molar-refractivity contribution in [2.45, 2.75) is 6.92 Å². The van der Waals surface area contributed by atoms with Gasteiger partial charge < -0.3 is 4.42 Å². The molecule has 1 aromatic heterocycles. The quantitative estimate of drug-likeness (QED) is 0.720. The molecule has 0 saturated carbocycles. The van der Waals surface area contributed by atoms with Gasteiger partial charge in [-0.3, -0.25) is 0 Å². The summed E-state index contributed by atoms with van der Waals surface area (Å²) < 4.78 is 5.05. The lowest BCUT2D eigenvalue weighted by Gasteiger charge is -1.95. The minimum absolute atomic E-state index is 0.321. The van der Waals surface area contributed by atoms with Crippen LogP contribution >= 0.6 is 0 Å². The van der Waals surface area contributed by atoms with Crippen LogP contribution in [0.3, 0.4) is 0 Å². The molecule has 3 heteroatoms. The summed E-state index contributed by atoms with van der Waals surface area (Å²) in [4.78, 5) is 15.8. The summed E-state index contributed by atoms with van der Waals surface area (Å²) in [6, 6.07) is 7.12. The van der Waals surface area contributed by atoms with Crippen LogP contribution in [0.1, 0.15) is 12.8 Å². The second-order valence-electron chi connectivity index (χ2n) is 3.24. The molecule has 3 nitrogen and oxygen atoms in total. The molecule has 0 amide bonds. The van der Waals surface area contributed by atoms with E-state index >= 15 is 0 Å². The van der Waals surface area contributed by atoms with Crippen molar-refractivity contribution >= 4 is 17.0 Å². The van der Waals surface area contributed by atoms with Crippen molar-refractivity contribution in [3.05, 3.63) is 58.8 Å². The average Bonchev–Trinajstić information content (AvgIpc) is 2.30. The first-order valence-corrected chi connectivity index (χ1v) is 5.00. The Kier molecular flexibility index (Phi) is 2.96. The van der Waals surface area contributed by atoms with Crippen LogP contribution in [0.2, 0.25) is 0 Å². The first kappa shape index (κ1) is 10.4. The minimum Gasteiger partial charge on any atom is -0.404 e. The van der Waals surface area contributed by atoms with Gasteiger partial charge >= 0.3 is 5.63 Å². The van der Waals surface area contributed by atoms with E-state index in [1.54, 1.807) is 30.4 Å². The van der Waals surface area contributed by atoms with Crippen molar-refractivity contribution in [1.82, 2.24) is 4.98 Å². The number of hydrogen-bond acceptors (Lipinski definition) is 3. The molecule has 2 aromatic rings. The zero-order chi connectivity index (χ0) is 11.4. The Labute approximate surface area is 92.7 Å². The van der Waals surface area contributed by atoms with Crippen LogP contribution in [0.4, 0.5) is 0 Å². The van der Waals surface area contributed by atoms with Crippen LogP contribution in [0.15, 0.2) is 51.7 Å². The highest BCUT2D eigenvalue weighted by atomic mass is 16.4. The molecule has 2 rings (SSSR count). The number of fused-ring (bicyclic) bond motifs is 1. The summed E-state index contributed by atoms with van der Waals surface area (Å²) in [7, 11) is 0. The highest BCUT2D eigenvalue weighted by Crippen LogP contribution is 2.07. The van der Waals surface area contributed by atoms with E-state index in [1.165, 1.54) is 0 Å². The fraction of sp³-hybridized carbons (Fsp3) is 0.0769. The predicted octanol–water partition coefficient (Wildman–Crippen LogP) is 2.78. The number of nitrogens with zero attached hydrogens (tertiary/aromatic N) is 1. The van der Waals surface area contributed by atoms with E-state index in [0.29, 0.717) is 16.8 Å². The Morgan fingerprint density at radius 3 is 2.88 bits per heavy atom. The van der Waals surface area contributed by atoms with Gasteiger partial charge in [-0.25, -0.2) is 9.78 Å². The van der Waals surface area contributed by atoms with Crippen molar-refractivity contribution in [2.24, 2.45) is 0 Å². The molecule has 0 aliphatic rings. The molecule has 0 unspecified atom stereocenters. The Morgan fingerprint density at radius 1 is 1.25 bits per heavy atom. The van der Waals surface area contributed by atoms with Gasteiger partial charge in [0.1, 0.15) is 0 Å². The molecule has 0 saturated heterocycles. The van der Waals surface area contributed by atoms with Crippen LogP contribution in [0.25, 0.3) is 17.0 Å². The molecular formula is C13H11NO2. The number of hydrogen-bond donors (Lipinski definition) is 0. The van der Waals surface area contributed by atoms with Crippen LogP contribution in [-0.4, -0.2) is 4.98 Å². The lowest BCUT2D eigenvalue weighted by molar-refractivity contribution is 0.490. The second kappa shape index (κ2) is 4.57. The van der Waals surface area contributed by atoms with Gasteiger partial charge in [0.2, 0.25) is 5.89 Å². The largest absolute Gasteiger partial charge is 0.404 e. The van der Waals surface area contributed by atoms with Gasteiger partial charge in [0, 0.05) is 6.08 Å². The van der Waals surface area contributed by atoms with Gasteiger partial charge in [0.05, 0.1) is 10.9 Å². The summed E-state index contributed by atoms with van der Waals surface area (Å²) in [6.45, 7) is 1.91. The highest BCUT2D eigenvalue weighted by Gasteiger charge is 2.02. The Balaban J connectivity index is 2.54. The van der Waals surface area contributed by atoms with Gasteiger partial charge in [-0.1, -0.05) is 30.4 Å². The standard InChI is InChI=1S/C13H11NO2/c1-2-3-4-9-12-14-11-8-6-5-7-10(11)13(15)16-12/h2-9H,1H3/b3-2+,9-4?. The van der Waals surface area contributed by atoms with Crippen molar-refractivity contribution in [1.29, 1.82) is 0 Å². The summed E-state index contributed by atoms with van der Waals surface area (Å²) in [5.74, 6) is 0.321. The van der Waals surface area contributed by atoms with Crippen LogP contribution in [0, 0.1) is 0 Å². The van der Waals surface area contributed by atoms with Crippen molar-refractivity contribution in [2.75, 3.05) is 0 Å². The maximum absolute atomic E-state index is 11.6. The molecule has 16 heavy (non-hydrogen) atoms. The lowest BCUT2D eigenvalue weighted by Crippen LogP contribution is -2.02. The normalized spacial score (nSPS) is 11.8. The van der Waals surface area contributed by atoms with Crippen LogP contribution in [-0.2, 0) is 0 Å². The highest BCUT2D eigenvalue weighted by molar-refractivity contribution is 5.77. The van der Waals surface area contributed by atoms with Gasteiger partial charge in [-0.2, -0.15) is 0 Å². The number of allylic oxidation sites excluding steroid dienone is 3. The Hall–Kier alpha value is -2.16. The molecule has 1 aromatic carbocycles. The van der Waals surface area contributed by atoms with Gasteiger partial charge in [-0.15, -0.1) is 0 Å². The molecule has 0 N–H and O–H groups in total. The maximum atomic E-state index is 11.6. The van der Waals surface area contributed by atoms with Crippen LogP contribution < -0.4 is 5.63 Å². The number of aromatic nitrogens is 1. The molecule has 1 heterocycles. The third kappa shape index (κ3) is 2.08. The third-order valence-corrected chi connectivity index (χ3v) is 2.09. The molecule has 80 valence electrons. The van der Waals surface area contributed by atoms with E-state index in [2.05, 4.69) is 4.98 Å². The minimum atomic E-state index is -0.356. The lowest BCUT2D eigenvalue weighted by atomic mass is 10.2. The smallest absolute Gasteiger partial charge is 0.347 e. The summed E-state index contributed by atoms with van der Waals surface area (Å²) in [5, 5.41) is 0.505. The molecule has 0 aliphatic heterocycles. The van der Waals surface area contributed by atoms with E-state index in [9.17, 15) is 4.79 Å². The zero-order valence-corrected chi connectivity index (χ0v) is 8.88.